The van der Waals surface area contributed by atoms with E-state index < -0.39 is 0 Å². The SMILES string of the molecule is CCC[C@H](NC)C(=O)OCC. The molecule has 0 aromatic carbocycles. The highest BCUT2D eigenvalue weighted by molar-refractivity contribution is 5.75. The summed E-state index contributed by atoms with van der Waals surface area (Å²) in [5.41, 5.74) is 0. The van der Waals surface area contributed by atoms with Crippen molar-refractivity contribution in [1.29, 1.82) is 0 Å². The van der Waals surface area contributed by atoms with Gasteiger partial charge in [-0.3, -0.25) is 4.79 Å². The van der Waals surface area contributed by atoms with Crippen molar-refractivity contribution in [1.82, 2.24) is 5.32 Å². The van der Waals surface area contributed by atoms with Gasteiger partial charge in [-0.25, -0.2) is 0 Å². The van der Waals surface area contributed by atoms with Crippen LogP contribution in [-0.2, 0) is 9.53 Å². The summed E-state index contributed by atoms with van der Waals surface area (Å²) in [7, 11) is 1.78. The third-order valence-electron chi connectivity index (χ3n) is 1.50. The van der Waals surface area contributed by atoms with Gasteiger partial charge in [-0.2, -0.15) is 0 Å². The number of ether oxygens (including phenoxy) is 1. The Balaban J connectivity index is 3.71. The molecule has 0 saturated carbocycles. The quantitative estimate of drug-likeness (QED) is 0.607. The molecule has 66 valence electrons. The van der Waals surface area contributed by atoms with Crippen molar-refractivity contribution >= 4 is 5.97 Å². The summed E-state index contributed by atoms with van der Waals surface area (Å²) < 4.78 is 4.85. The molecule has 0 fully saturated rings. The number of esters is 1. The van der Waals surface area contributed by atoms with Gasteiger partial charge < -0.3 is 10.1 Å². The fourth-order valence-electron chi connectivity index (χ4n) is 0.912. The number of nitrogens with one attached hydrogen (secondary N) is 1. The maximum Gasteiger partial charge on any atom is 0.323 e. The van der Waals surface area contributed by atoms with E-state index in [-0.39, 0.29) is 12.0 Å². The predicted octanol–water partition coefficient (Wildman–Crippen LogP) is 0.938. The van der Waals surface area contributed by atoms with Crippen molar-refractivity contribution in [2.24, 2.45) is 0 Å². The second-order valence-corrected chi connectivity index (χ2v) is 2.38. The first kappa shape index (κ1) is 10.4. The van der Waals surface area contributed by atoms with E-state index in [1.807, 2.05) is 13.8 Å². The van der Waals surface area contributed by atoms with Gasteiger partial charge >= 0.3 is 5.97 Å². The smallest absolute Gasteiger partial charge is 0.323 e. The van der Waals surface area contributed by atoms with Crippen LogP contribution in [0.2, 0.25) is 0 Å². The van der Waals surface area contributed by atoms with Crippen LogP contribution in [0, 0.1) is 0 Å². The maximum absolute atomic E-state index is 11.1. The van der Waals surface area contributed by atoms with Gasteiger partial charge in [0.05, 0.1) is 6.61 Å². The normalized spacial score (nSPS) is 12.6. The lowest BCUT2D eigenvalue weighted by atomic mass is 10.2. The molecule has 3 heteroatoms. The summed E-state index contributed by atoms with van der Waals surface area (Å²) in [5.74, 6) is -0.142. The zero-order chi connectivity index (χ0) is 8.69. The van der Waals surface area contributed by atoms with Gasteiger partial charge in [0.25, 0.3) is 0 Å². The molecule has 0 radical (unpaired) electrons. The Labute approximate surface area is 68.1 Å². The molecule has 0 aliphatic heterocycles. The largest absolute Gasteiger partial charge is 0.465 e. The van der Waals surface area contributed by atoms with Crippen molar-refractivity contribution < 1.29 is 9.53 Å². The van der Waals surface area contributed by atoms with E-state index >= 15 is 0 Å². The second-order valence-electron chi connectivity index (χ2n) is 2.38. The lowest BCUT2D eigenvalue weighted by Crippen LogP contribution is -2.35. The third kappa shape index (κ3) is 3.98. The number of carbonyl (C=O) groups excluding carboxylic acids is 1. The Morgan fingerprint density at radius 2 is 2.18 bits per heavy atom. The fourth-order valence-corrected chi connectivity index (χ4v) is 0.912. The summed E-state index contributed by atoms with van der Waals surface area (Å²) in [6.07, 6.45) is 1.83. The van der Waals surface area contributed by atoms with Gasteiger partial charge in [-0.1, -0.05) is 13.3 Å². The van der Waals surface area contributed by atoms with Crippen LogP contribution in [0.5, 0.6) is 0 Å². The molecule has 11 heavy (non-hydrogen) atoms. The highest BCUT2D eigenvalue weighted by Gasteiger charge is 2.15. The molecule has 3 nitrogen and oxygen atoms in total. The Kier molecular flexibility index (Phi) is 5.84. The second kappa shape index (κ2) is 6.16. The van der Waals surface area contributed by atoms with Crippen LogP contribution in [0.1, 0.15) is 26.7 Å². The molecule has 0 saturated heterocycles. The highest BCUT2D eigenvalue weighted by atomic mass is 16.5. The average molecular weight is 159 g/mol. The zero-order valence-corrected chi connectivity index (χ0v) is 7.52. The molecule has 0 aliphatic carbocycles. The van der Waals surface area contributed by atoms with E-state index in [1.54, 1.807) is 7.05 Å². The molecule has 0 spiro atoms. The molecular formula is C8H17NO2. The minimum absolute atomic E-state index is 0.125. The zero-order valence-electron chi connectivity index (χ0n) is 7.52. The molecule has 0 rings (SSSR count). The van der Waals surface area contributed by atoms with Crippen molar-refractivity contribution in [3.8, 4) is 0 Å². The summed E-state index contributed by atoms with van der Waals surface area (Å²) >= 11 is 0. The van der Waals surface area contributed by atoms with Gasteiger partial charge in [-0.05, 0) is 20.4 Å². The van der Waals surface area contributed by atoms with Crippen LogP contribution in [-0.4, -0.2) is 25.7 Å². The molecule has 0 aromatic heterocycles. The van der Waals surface area contributed by atoms with Gasteiger partial charge in [0.15, 0.2) is 0 Å². The number of likely N-dealkylation sites (N-methyl/N-ethyl adjacent to an activating group) is 1. The Morgan fingerprint density at radius 1 is 1.55 bits per heavy atom. The van der Waals surface area contributed by atoms with E-state index in [0.717, 1.165) is 12.8 Å². The molecule has 0 amide bonds. The minimum Gasteiger partial charge on any atom is -0.465 e. The van der Waals surface area contributed by atoms with E-state index in [9.17, 15) is 4.79 Å². The van der Waals surface area contributed by atoms with Crippen LogP contribution in [0.15, 0.2) is 0 Å². The number of rotatable bonds is 5. The summed E-state index contributed by atoms with van der Waals surface area (Å²) in [5, 5.41) is 2.91. The molecule has 0 aliphatic rings. The van der Waals surface area contributed by atoms with Crippen LogP contribution in [0.25, 0.3) is 0 Å². The average Bonchev–Trinajstić information content (AvgIpc) is 2.00. The molecule has 0 unspecified atom stereocenters. The Hall–Kier alpha value is -0.570. The minimum atomic E-state index is -0.142. The van der Waals surface area contributed by atoms with Crippen LogP contribution >= 0.6 is 0 Å². The van der Waals surface area contributed by atoms with E-state index in [0.29, 0.717) is 6.61 Å². The van der Waals surface area contributed by atoms with Crippen molar-refractivity contribution in [2.75, 3.05) is 13.7 Å². The van der Waals surface area contributed by atoms with Gasteiger partial charge in [0, 0.05) is 0 Å². The lowest BCUT2D eigenvalue weighted by Gasteiger charge is -2.12. The van der Waals surface area contributed by atoms with Crippen molar-refractivity contribution in [2.45, 2.75) is 32.7 Å². The first-order valence-electron chi connectivity index (χ1n) is 4.10. The monoisotopic (exact) mass is 159 g/mol. The van der Waals surface area contributed by atoms with Crippen molar-refractivity contribution in [3.63, 3.8) is 0 Å². The van der Waals surface area contributed by atoms with Crippen molar-refractivity contribution in [3.05, 3.63) is 0 Å². The standard InChI is InChI=1S/C8H17NO2/c1-4-6-7(9-3)8(10)11-5-2/h7,9H,4-6H2,1-3H3/t7-/m0/s1. The van der Waals surface area contributed by atoms with Gasteiger partial charge in [0.2, 0.25) is 0 Å². The molecular weight excluding hydrogens is 142 g/mol. The maximum atomic E-state index is 11.1. The molecule has 0 heterocycles. The van der Waals surface area contributed by atoms with E-state index in [1.165, 1.54) is 0 Å². The summed E-state index contributed by atoms with van der Waals surface area (Å²) in [6.45, 7) is 4.32. The third-order valence-corrected chi connectivity index (χ3v) is 1.50. The molecule has 0 aromatic rings. The molecule has 1 atom stereocenters. The summed E-state index contributed by atoms with van der Waals surface area (Å²) in [6, 6.07) is -0.125. The predicted molar refractivity (Wildman–Crippen MR) is 44.4 cm³/mol. The molecule has 0 bridgehead atoms. The number of carbonyl (C=O) groups is 1. The van der Waals surface area contributed by atoms with Gasteiger partial charge in [-0.15, -0.1) is 0 Å². The topological polar surface area (TPSA) is 38.3 Å². The number of hydrogen-bond acceptors (Lipinski definition) is 3. The van der Waals surface area contributed by atoms with E-state index in [4.69, 9.17) is 4.74 Å². The van der Waals surface area contributed by atoms with Crippen LogP contribution in [0.3, 0.4) is 0 Å². The van der Waals surface area contributed by atoms with Crippen LogP contribution < -0.4 is 5.32 Å². The summed E-state index contributed by atoms with van der Waals surface area (Å²) in [4.78, 5) is 11.1. The van der Waals surface area contributed by atoms with E-state index in [2.05, 4.69) is 5.32 Å². The Morgan fingerprint density at radius 3 is 2.55 bits per heavy atom. The number of hydrogen-bond donors (Lipinski definition) is 1. The Bertz CT molecular complexity index is 115. The van der Waals surface area contributed by atoms with Gasteiger partial charge in [0.1, 0.15) is 6.04 Å². The first-order chi connectivity index (χ1) is 5.26. The highest BCUT2D eigenvalue weighted by Crippen LogP contribution is 1.97. The molecule has 1 N–H and O–H groups in total. The van der Waals surface area contributed by atoms with Crippen LogP contribution in [0.4, 0.5) is 0 Å². The fraction of sp³-hybridized carbons (Fsp3) is 0.875. The lowest BCUT2D eigenvalue weighted by molar-refractivity contribution is -0.145. The first-order valence-corrected chi connectivity index (χ1v) is 4.10.